The van der Waals surface area contributed by atoms with Crippen molar-refractivity contribution >= 4 is 5.69 Å². The Morgan fingerprint density at radius 3 is 1.45 bits per heavy atom. The second-order valence-electron chi connectivity index (χ2n) is 5.15. The predicted octanol–water partition coefficient (Wildman–Crippen LogP) is 4.73. The van der Waals surface area contributed by atoms with E-state index in [-0.39, 0.29) is 5.92 Å². The molecule has 0 bridgehead atoms. The first-order valence-electron chi connectivity index (χ1n) is 7.01. The minimum Gasteiger partial charge on any atom is -0.394 e. The molecule has 3 rings (SSSR count). The maximum absolute atomic E-state index is 13.9. The van der Waals surface area contributed by atoms with Crippen LogP contribution in [0, 0.1) is 11.6 Å². The summed E-state index contributed by atoms with van der Waals surface area (Å²) in [4.78, 5) is 0. The zero-order chi connectivity index (χ0) is 15.5. The lowest BCUT2D eigenvalue weighted by Gasteiger charge is -2.19. The van der Waals surface area contributed by atoms with Gasteiger partial charge < -0.3 is 5.73 Å². The van der Waals surface area contributed by atoms with Gasteiger partial charge in [-0.25, -0.2) is 8.78 Å². The van der Waals surface area contributed by atoms with Crippen LogP contribution >= 0.6 is 0 Å². The second kappa shape index (κ2) is 5.98. The summed E-state index contributed by atoms with van der Waals surface area (Å²) in [6.45, 7) is 0. The summed E-state index contributed by atoms with van der Waals surface area (Å²) >= 11 is 0. The molecule has 0 heterocycles. The smallest absolute Gasteiger partial charge is 0.149 e. The molecular weight excluding hydrogens is 280 g/mol. The van der Waals surface area contributed by atoms with E-state index in [0.29, 0.717) is 5.56 Å². The summed E-state index contributed by atoms with van der Waals surface area (Å²) in [5, 5.41) is 0. The van der Waals surface area contributed by atoms with Gasteiger partial charge in [0.1, 0.15) is 17.3 Å². The molecule has 0 aliphatic rings. The largest absolute Gasteiger partial charge is 0.394 e. The third-order valence-electron chi connectivity index (χ3n) is 3.70. The highest BCUT2D eigenvalue weighted by Crippen LogP contribution is 2.33. The van der Waals surface area contributed by atoms with Crippen molar-refractivity contribution in [3.8, 4) is 0 Å². The van der Waals surface area contributed by atoms with Crippen LogP contribution in [0.25, 0.3) is 0 Å². The lowest BCUT2D eigenvalue weighted by atomic mass is 9.85. The summed E-state index contributed by atoms with van der Waals surface area (Å²) in [6, 6.07) is 21.9. The third kappa shape index (κ3) is 2.70. The van der Waals surface area contributed by atoms with Crippen LogP contribution in [0.4, 0.5) is 14.5 Å². The van der Waals surface area contributed by atoms with Crippen molar-refractivity contribution in [2.24, 2.45) is 0 Å². The van der Waals surface area contributed by atoms with Crippen LogP contribution in [0.1, 0.15) is 22.6 Å². The first kappa shape index (κ1) is 14.3. The van der Waals surface area contributed by atoms with E-state index < -0.39 is 17.3 Å². The average Bonchev–Trinajstić information content (AvgIpc) is 2.55. The van der Waals surface area contributed by atoms with Crippen LogP contribution in [-0.2, 0) is 0 Å². The Hall–Kier alpha value is -2.68. The molecular formula is C19H15F2N. The Labute approximate surface area is 128 Å². The molecule has 2 N–H and O–H groups in total. The molecule has 0 aliphatic carbocycles. The number of rotatable bonds is 3. The normalized spacial score (nSPS) is 10.9. The maximum atomic E-state index is 13.9. The molecule has 0 saturated carbocycles. The molecule has 0 aromatic heterocycles. The van der Waals surface area contributed by atoms with Crippen LogP contribution in [0.15, 0.2) is 72.8 Å². The molecule has 0 spiro atoms. The Morgan fingerprint density at radius 1 is 0.636 bits per heavy atom. The Morgan fingerprint density at radius 2 is 1.05 bits per heavy atom. The van der Waals surface area contributed by atoms with Gasteiger partial charge in [0.05, 0.1) is 0 Å². The van der Waals surface area contributed by atoms with Crippen molar-refractivity contribution in [3.05, 3.63) is 101 Å². The summed E-state index contributed by atoms with van der Waals surface area (Å²) in [5.41, 5.74) is 7.42. The molecule has 0 saturated heterocycles. The zero-order valence-corrected chi connectivity index (χ0v) is 11.8. The number of nitrogen functional groups attached to an aromatic ring is 1. The van der Waals surface area contributed by atoms with Gasteiger partial charge in [0, 0.05) is 5.92 Å². The highest BCUT2D eigenvalue weighted by Gasteiger charge is 2.19. The summed E-state index contributed by atoms with van der Waals surface area (Å²) in [5.74, 6) is -1.70. The van der Waals surface area contributed by atoms with Crippen LogP contribution < -0.4 is 5.73 Å². The van der Waals surface area contributed by atoms with E-state index in [1.165, 1.54) is 12.1 Å². The van der Waals surface area contributed by atoms with Crippen molar-refractivity contribution < 1.29 is 8.78 Å². The number of halogens is 2. The van der Waals surface area contributed by atoms with Crippen molar-refractivity contribution in [2.45, 2.75) is 5.92 Å². The first-order chi connectivity index (χ1) is 10.7. The van der Waals surface area contributed by atoms with Gasteiger partial charge in [-0.2, -0.15) is 0 Å². The number of nitrogens with two attached hydrogens (primary N) is 1. The molecule has 0 amide bonds. The molecule has 0 atom stereocenters. The second-order valence-corrected chi connectivity index (χ2v) is 5.15. The van der Waals surface area contributed by atoms with Crippen LogP contribution in [0.5, 0.6) is 0 Å². The fraction of sp³-hybridized carbons (Fsp3) is 0.0526. The fourth-order valence-electron chi connectivity index (χ4n) is 2.64. The number of hydrogen-bond donors (Lipinski definition) is 1. The SMILES string of the molecule is Nc1c(F)cc(C(c2ccccc2)c2ccccc2)cc1F. The van der Waals surface area contributed by atoms with E-state index in [0.717, 1.165) is 11.1 Å². The van der Waals surface area contributed by atoms with Gasteiger partial charge in [0.25, 0.3) is 0 Å². The molecule has 0 radical (unpaired) electrons. The summed E-state index contributed by atoms with van der Waals surface area (Å²) in [6.07, 6.45) is 0. The monoisotopic (exact) mass is 295 g/mol. The van der Waals surface area contributed by atoms with Crippen LogP contribution in [-0.4, -0.2) is 0 Å². The number of benzene rings is 3. The van der Waals surface area contributed by atoms with Gasteiger partial charge in [-0.15, -0.1) is 0 Å². The van der Waals surface area contributed by atoms with E-state index >= 15 is 0 Å². The maximum Gasteiger partial charge on any atom is 0.149 e. The van der Waals surface area contributed by atoms with Gasteiger partial charge in [-0.1, -0.05) is 60.7 Å². The van der Waals surface area contributed by atoms with Crippen LogP contribution in [0.3, 0.4) is 0 Å². The topological polar surface area (TPSA) is 26.0 Å². The standard InChI is InChI=1S/C19H15F2N/c20-16-11-15(12-17(21)19(16)22)18(13-7-3-1-4-8-13)14-9-5-2-6-10-14/h1-12,18H,22H2. The molecule has 1 nitrogen and oxygen atoms in total. The van der Waals surface area contributed by atoms with Gasteiger partial charge in [0.2, 0.25) is 0 Å². The predicted molar refractivity (Wildman–Crippen MR) is 84.6 cm³/mol. The molecule has 0 unspecified atom stereocenters. The van der Waals surface area contributed by atoms with E-state index in [4.69, 9.17) is 5.73 Å². The lowest BCUT2D eigenvalue weighted by Crippen LogP contribution is -2.06. The van der Waals surface area contributed by atoms with Gasteiger partial charge in [-0.3, -0.25) is 0 Å². The Bertz CT molecular complexity index is 707. The zero-order valence-electron chi connectivity index (χ0n) is 11.8. The quantitative estimate of drug-likeness (QED) is 0.549. The van der Waals surface area contributed by atoms with Gasteiger partial charge in [0.15, 0.2) is 0 Å². The molecule has 110 valence electrons. The molecule has 0 fully saturated rings. The van der Waals surface area contributed by atoms with E-state index in [1.807, 2.05) is 60.7 Å². The van der Waals surface area contributed by atoms with Gasteiger partial charge >= 0.3 is 0 Å². The third-order valence-corrected chi connectivity index (χ3v) is 3.70. The summed E-state index contributed by atoms with van der Waals surface area (Å²) < 4.78 is 27.7. The van der Waals surface area contributed by atoms with Crippen molar-refractivity contribution in [1.82, 2.24) is 0 Å². The van der Waals surface area contributed by atoms with Crippen LogP contribution in [0.2, 0.25) is 0 Å². The van der Waals surface area contributed by atoms with Gasteiger partial charge in [-0.05, 0) is 28.8 Å². The van der Waals surface area contributed by atoms with E-state index in [2.05, 4.69) is 0 Å². The molecule has 3 aromatic carbocycles. The average molecular weight is 295 g/mol. The highest BCUT2D eigenvalue weighted by atomic mass is 19.1. The number of anilines is 1. The van der Waals surface area contributed by atoms with E-state index in [9.17, 15) is 8.78 Å². The molecule has 22 heavy (non-hydrogen) atoms. The van der Waals surface area contributed by atoms with Crippen molar-refractivity contribution in [2.75, 3.05) is 5.73 Å². The number of hydrogen-bond acceptors (Lipinski definition) is 1. The van der Waals surface area contributed by atoms with Crippen molar-refractivity contribution in [3.63, 3.8) is 0 Å². The fourth-order valence-corrected chi connectivity index (χ4v) is 2.64. The molecule has 3 aromatic rings. The first-order valence-corrected chi connectivity index (χ1v) is 7.01. The highest BCUT2D eigenvalue weighted by molar-refractivity contribution is 5.49. The lowest BCUT2D eigenvalue weighted by molar-refractivity contribution is 0.587. The van der Waals surface area contributed by atoms with Crippen molar-refractivity contribution in [1.29, 1.82) is 0 Å². The Balaban J connectivity index is 2.19. The Kier molecular flexibility index (Phi) is 3.88. The minimum atomic E-state index is -0.730. The minimum absolute atomic E-state index is 0.244. The summed E-state index contributed by atoms with van der Waals surface area (Å²) in [7, 11) is 0. The molecule has 3 heteroatoms. The van der Waals surface area contributed by atoms with E-state index in [1.54, 1.807) is 0 Å². The molecule has 0 aliphatic heterocycles.